The predicted octanol–water partition coefficient (Wildman–Crippen LogP) is 4.32. The Labute approximate surface area is 128 Å². The van der Waals surface area contributed by atoms with E-state index in [1.54, 1.807) is 11.8 Å². The van der Waals surface area contributed by atoms with Gasteiger partial charge in [0.2, 0.25) is 5.95 Å². The first-order chi connectivity index (χ1) is 10.2. The standard InChI is InChI=1S/C16H16N4S/c1-11-8-13(19-16-17-10-18-20-16)9-12(2)15(11)21-14-6-4-3-5-7-14/h3-10H,1-2H3,(H2,17,18,19,20). The average molecular weight is 296 g/mol. The van der Waals surface area contributed by atoms with Crippen molar-refractivity contribution in [1.82, 2.24) is 15.2 Å². The van der Waals surface area contributed by atoms with Gasteiger partial charge in [0.1, 0.15) is 6.33 Å². The SMILES string of the molecule is Cc1cc(Nc2ncn[nH]2)cc(C)c1Sc1ccccc1. The van der Waals surface area contributed by atoms with Gasteiger partial charge in [0.05, 0.1) is 0 Å². The van der Waals surface area contributed by atoms with Crippen molar-refractivity contribution >= 4 is 23.4 Å². The Kier molecular flexibility index (Phi) is 3.92. The van der Waals surface area contributed by atoms with Crippen molar-refractivity contribution in [2.45, 2.75) is 23.6 Å². The molecule has 0 atom stereocenters. The highest BCUT2D eigenvalue weighted by molar-refractivity contribution is 7.99. The fourth-order valence-electron chi connectivity index (χ4n) is 2.19. The van der Waals surface area contributed by atoms with Crippen LogP contribution in [0, 0.1) is 13.8 Å². The lowest BCUT2D eigenvalue weighted by Crippen LogP contribution is -1.95. The van der Waals surface area contributed by atoms with E-state index in [9.17, 15) is 0 Å². The second-order valence-electron chi connectivity index (χ2n) is 4.81. The summed E-state index contributed by atoms with van der Waals surface area (Å²) in [6, 6.07) is 14.7. The maximum absolute atomic E-state index is 4.08. The van der Waals surface area contributed by atoms with Crippen molar-refractivity contribution in [3.8, 4) is 0 Å². The van der Waals surface area contributed by atoms with E-state index >= 15 is 0 Å². The quantitative estimate of drug-likeness (QED) is 0.753. The van der Waals surface area contributed by atoms with Gasteiger partial charge in [0.25, 0.3) is 0 Å². The van der Waals surface area contributed by atoms with Crippen molar-refractivity contribution < 1.29 is 0 Å². The number of hydrogen-bond donors (Lipinski definition) is 2. The molecule has 3 aromatic rings. The monoisotopic (exact) mass is 296 g/mol. The van der Waals surface area contributed by atoms with Crippen LogP contribution in [0.2, 0.25) is 0 Å². The number of nitrogens with zero attached hydrogens (tertiary/aromatic N) is 2. The van der Waals surface area contributed by atoms with Gasteiger partial charge in [0, 0.05) is 15.5 Å². The summed E-state index contributed by atoms with van der Waals surface area (Å²) in [5.41, 5.74) is 3.50. The zero-order valence-corrected chi connectivity index (χ0v) is 12.7. The van der Waals surface area contributed by atoms with E-state index in [0.29, 0.717) is 5.95 Å². The normalized spacial score (nSPS) is 10.6. The summed E-state index contributed by atoms with van der Waals surface area (Å²) < 4.78 is 0. The summed E-state index contributed by atoms with van der Waals surface area (Å²) in [6.45, 7) is 4.26. The van der Waals surface area contributed by atoms with E-state index in [-0.39, 0.29) is 0 Å². The van der Waals surface area contributed by atoms with Crippen LogP contribution in [0.1, 0.15) is 11.1 Å². The van der Waals surface area contributed by atoms with Crippen LogP contribution in [0.15, 0.2) is 58.6 Å². The van der Waals surface area contributed by atoms with Gasteiger partial charge in [-0.25, -0.2) is 5.10 Å². The molecular formula is C16H16N4S. The summed E-state index contributed by atoms with van der Waals surface area (Å²) in [4.78, 5) is 6.62. The molecule has 106 valence electrons. The Bertz CT molecular complexity index is 700. The van der Waals surface area contributed by atoms with Gasteiger partial charge in [-0.05, 0) is 49.2 Å². The molecule has 1 aromatic heterocycles. The lowest BCUT2D eigenvalue weighted by atomic mass is 10.1. The number of aromatic amines is 1. The summed E-state index contributed by atoms with van der Waals surface area (Å²) >= 11 is 1.79. The van der Waals surface area contributed by atoms with E-state index in [0.717, 1.165) is 5.69 Å². The number of aryl methyl sites for hydroxylation is 2. The van der Waals surface area contributed by atoms with E-state index in [2.05, 4.69) is 70.7 Å². The van der Waals surface area contributed by atoms with Crippen molar-refractivity contribution in [1.29, 1.82) is 0 Å². The molecule has 0 radical (unpaired) electrons. The third-order valence-electron chi connectivity index (χ3n) is 3.10. The Hall–Kier alpha value is -2.27. The molecule has 0 spiro atoms. The lowest BCUT2D eigenvalue weighted by Gasteiger charge is -2.12. The van der Waals surface area contributed by atoms with Crippen molar-refractivity contribution in [2.24, 2.45) is 0 Å². The molecule has 0 aliphatic heterocycles. The minimum atomic E-state index is 0.650. The smallest absolute Gasteiger partial charge is 0.222 e. The molecule has 3 rings (SSSR count). The zero-order chi connectivity index (χ0) is 14.7. The molecule has 2 aromatic carbocycles. The highest BCUT2D eigenvalue weighted by Gasteiger charge is 2.08. The highest BCUT2D eigenvalue weighted by Crippen LogP contribution is 2.34. The van der Waals surface area contributed by atoms with Crippen molar-refractivity contribution in [3.63, 3.8) is 0 Å². The van der Waals surface area contributed by atoms with Crippen LogP contribution in [-0.2, 0) is 0 Å². The number of anilines is 2. The summed E-state index contributed by atoms with van der Waals surface area (Å²) in [5.74, 6) is 0.650. The molecular weight excluding hydrogens is 280 g/mol. The number of nitrogens with one attached hydrogen (secondary N) is 2. The van der Waals surface area contributed by atoms with Crippen LogP contribution in [0.5, 0.6) is 0 Å². The van der Waals surface area contributed by atoms with Crippen molar-refractivity contribution in [2.75, 3.05) is 5.32 Å². The van der Waals surface area contributed by atoms with E-state index < -0.39 is 0 Å². The molecule has 0 aliphatic carbocycles. The Balaban J connectivity index is 1.86. The first-order valence-corrected chi connectivity index (χ1v) is 7.50. The molecule has 0 fully saturated rings. The van der Waals surface area contributed by atoms with Gasteiger partial charge in [-0.3, -0.25) is 0 Å². The maximum atomic E-state index is 4.08. The molecule has 0 bridgehead atoms. The zero-order valence-electron chi connectivity index (χ0n) is 11.9. The van der Waals surface area contributed by atoms with E-state index in [1.165, 1.54) is 27.2 Å². The third kappa shape index (κ3) is 3.25. The molecule has 4 nitrogen and oxygen atoms in total. The fourth-order valence-corrected chi connectivity index (χ4v) is 3.16. The second-order valence-corrected chi connectivity index (χ2v) is 5.90. The van der Waals surface area contributed by atoms with Crippen LogP contribution in [0.25, 0.3) is 0 Å². The molecule has 0 aliphatic rings. The summed E-state index contributed by atoms with van der Waals surface area (Å²) in [7, 11) is 0. The Morgan fingerprint density at radius 2 is 1.76 bits per heavy atom. The van der Waals surface area contributed by atoms with Crippen LogP contribution >= 0.6 is 11.8 Å². The first-order valence-electron chi connectivity index (χ1n) is 6.69. The number of benzene rings is 2. The lowest BCUT2D eigenvalue weighted by molar-refractivity contribution is 1.09. The van der Waals surface area contributed by atoms with Gasteiger partial charge in [-0.15, -0.1) is 0 Å². The number of rotatable bonds is 4. The predicted molar refractivity (Wildman–Crippen MR) is 86.1 cm³/mol. The second kappa shape index (κ2) is 6.01. The van der Waals surface area contributed by atoms with Crippen LogP contribution in [0.3, 0.4) is 0 Å². The Morgan fingerprint density at radius 1 is 1.05 bits per heavy atom. The van der Waals surface area contributed by atoms with Crippen LogP contribution in [-0.4, -0.2) is 15.2 Å². The van der Waals surface area contributed by atoms with Gasteiger partial charge >= 0.3 is 0 Å². The fraction of sp³-hybridized carbons (Fsp3) is 0.125. The Morgan fingerprint density at radius 3 is 2.38 bits per heavy atom. The van der Waals surface area contributed by atoms with Crippen LogP contribution in [0.4, 0.5) is 11.6 Å². The van der Waals surface area contributed by atoms with E-state index in [4.69, 9.17) is 0 Å². The largest absolute Gasteiger partial charge is 0.325 e. The molecule has 0 saturated carbocycles. The molecule has 21 heavy (non-hydrogen) atoms. The third-order valence-corrected chi connectivity index (χ3v) is 4.46. The number of aromatic nitrogens is 3. The minimum absolute atomic E-state index is 0.650. The molecule has 0 unspecified atom stereocenters. The first kappa shape index (κ1) is 13.7. The van der Waals surface area contributed by atoms with Gasteiger partial charge < -0.3 is 5.32 Å². The average Bonchev–Trinajstić information content (AvgIpc) is 2.97. The van der Waals surface area contributed by atoms with Crippen molar-refractivity contribution in [3.05, 3.63) is 59.9 Å². The summed E-state index contributed by atoms with van der Waals surface area (Å²) in [6.07, 6.45) is 1.49. The van der Waals surface area contributed by atoms with Gasteiger partial charge in [0.15, 0.2) is 0 Å². The topological polar surface area (TPSA) is 53.6 Å². The minimum Gasteiger partial charge on any atom is -0.325 e. The molecule has 2 N–H and O–H groups in total. The van der Waals surface area contributed by atoms with E-state index in [1.807, 2.05) is 6.07 Å². The number of H-pyrrole nitrogens is 1. The molecule has 5 heteroatoms. The molecule has 1 heterocycles. The number of hydrogen-bond acceptors (Lipinski definition) is 4. The molecule has 0 amide bonds. The summed E-state index contributed by atoms with van der Waals surface area (Å²) in [5, 5.41) is 9.85. The molecule has 0 saturated heterocycles. The van der Waals surface area contributed by atoms with Gasteiger partial charge in [-0.1, -0.05) is 30.0 Å². The highest BCUT2D eigenvalue weighted by atomic mass is 32.2. The van der Waals surface area contributed by atoms with Gasteiger partial charge in [-0.2, -0.15) is 10.1 Å². The van der Waals surface area contributed by atoms with Crippen LogP contribution < -0.4 is 5.32 Å². The maximum Gasteiger partial charge on any atom is 0.222 e.